The minimum Gasteiger partial charge on any atom is -0.454 e. The highest BCUT2D eigenvalue weighted by Crippen LogP contribution is 2.37. The van der Waals surface area contributed by atoms with E-state index in [0.29, 0.717) is 33.9 Å². The second kappa shape index (κ2) is 7.67. The molecule has 0 unspecified atom stereocenters. The summed E-state index contributed by atoms with van der Waals surface area (Å²) in [7, 11) is 0. The van der Waals surface area contributed by atoms with E-state index >= 15 is 0 Å². The number of fused-ring (bicyclic) bond motifs is 1. The number of nitriles is 2. The molecule has 0 radical (unpaired) electrons. The van der Waals surface area contributed by atoms with Crippen molar-refractivity contribution in [3.63, 3.8) is 0 Å². The van der Waals surface area contributed by atoms with Crippen LogP contribution >= 0.6 is 11.3 Å². The van der Waals surface area contributed by atoms with Gasteiger partial charge in [0.2, 0.25) is 6.79 Å². The number of thiophene rings is 1. The fourth-order valence-electron chi connectivity index (χ4n) is 3.06. The zero-order valence-corrected chi connectivity index (χ0v) is 16.3. The highest BCUT2D eigenvalue weighted by atomic mass is 32.1. The van der Waals surface area contributed by atoms with Crippen LogP contribution in [0.2, 0.25) is 0 Å². The second-order valence-corrected chi connectivity index (χ2v) is 7.58. The molecule has 0 saturated carbocycles. The SMILES string of the molecule is Cc1c(Cc2ccc3c(c2)OCO3)sc(NC(=O)c2ccc(C#N)cc2)c1C#N. The third kappa shape index (κ3) is 3.64. The van der Waals surface area contributed by atoms with Gasteiger partial charge in [0.1, 0.15) is 11.1 Å². The second-order valence-electron chi connectivity index (χ2n) is 6.47. The van der Waals surface area contributed by atoms with Crippen molar-refractivity contribution in [2.75, 3.05) is 12.1 Å². The van der Waals surface area contributed by atoms with E-state index in [2.05, 4.69) is 11.4 Å². The number of carbonyl (C=O) groups is 1. The molecule has 0 saturated heterocycles. The monoisotopic (exact) mass is 401 g/mol. The maximum absolute atomic E-state index is 12.6. The molecule has 0 atom stereocenters. The standard InChI is InChI=1S/C22H15N3O3S/c1-13-17(11-24)22(25-21(26)16-5-2-14(10-23)3-6-16)29-20(13)9-15-4-7-18-19(8-15)28-12-27-18/h2-8H,9,12H2,1H3,(H,25,26). The van der Waals surface area contributed by atoms with Crippen molar-refractivity contribution in [1.29, 1.82) is 10.5 Å². The highest BCUT2D eigenvalue weighted by molar-refractivity contribution is 7.16. The van der Waals surface area contributed by atoms with Crippen molar-refractivity contribution in [2.45, 2.75) is 13.3 Å². The molecular weight excluding hydrogens is 386 g/mol. The predicted octanol–water partition coefficient (Wildman–Crippen LogP) is 4.37. The number of nitrogens with zero attached hydrogens (tertiary/aromatic N) is 2. The first kappa shape index (κ1) is 18.5. The topological polar surface area (TPSA) is 95.1 Å². The first-order valence-corrected chi connectivity index (χ1v) is 9.63. The molecule has 2 heterocycles. The summed E-state index contributed by atoms with van der Waals surface area (Å²) in [6.45, 7) is 2.11. The summed E-state index contributed by atoms with van der Waals surface area (Å²) in [4.78, 5) is 13.6. The highest BCUT2D eigenvalue weighted by Gasteiger charge is 2.19. The first-order valence-electron chi connectivity index (χ1n) is 8.81. The van der Waals surface area contributed by atoms with Gasteiger partial charge >= 0.3 is 0 Å². The molecule has 29 heavy (non-hydrogen) atoms. The summed E-state index contributed by atoms with van der Waals surface area (Å²) >= 11 is 1.39. The number of anilines is 1. The van der Waals surface area contributed by atoms with Crippen LogP contribution < -0.4 is 14.8 Å². The Hall–Kier alpha value is -3.81. The van der Waals surface area contributed by atoms with Gasteiger partial charge in [0.05, 0.1) is 17.2 Å². The van der Waals surface area contributed by atoms with Gasteiger partial charge < -0.3 is 14.8 Å². The minimum atomic E-state index is -0.318. The van der Waals surface area contributed by atoms with E-state index in [4.69, 9.17) is 14.7 Å². The van der Waals surface area contributed by atoms with Crippen molar-refractivity contribution in [3.05, 3.63) is 75.2 Å². The molecule has 0 spiro atoms. The summed E-state index contributed by atoms with van der Waals surface area (Å²) in [5, 5.41) is 21.8. The van der Waals surface area contributed by atoms with Gasteiger partial charge in [-0.3, -0.25) is 4.79 Å². The average Bonchev–Trinajstić information content (AvgIpc) is 3.32. The molecule has 2 aromatic carbocycles. The Morgan fingerprint density at radius 3 is 2.59 bits per heavy atom. The molecule has 7 heteroatoms. The van der Waals surface area contributed by atoms with Crippen LogP contribution in [0, 0.1) is 29.6 Å². The molecule has 6 nitrogen and oxygen atoms in total. The van der Waals surface area contributed by atoms with Crippen LogP contribution in [0.4, 0.5) is 5.00 Å². The predicted molar refractivity (Wildman–Crippen MR) is 108 cm³/mol. The zero-order valence-electron chi connectivity index (χ0n) is 15.5. The van der Waals surface area contributed by atoms with E-state index in [1.54, 1.807) is 24.3 Å². The van der Waals surface area contributed by atoms with Crippen LogP contribution in [0.3, 0.4) is 0 Å². The van der Waals surface area contributed by atoms with Gasteiger partial charge in [-0.25, -0.2) is 0 Å². The van der Waals surface area contributed by atoms with E-state index in [-0.39, 0.29) is 12.7 Å². The minimum absolute atomic E-state index is 0.223. The smallest absolute Gasteiger partial charge is 0.256 e. The van der Waals surface area contributed by atoms with E-state index in [1.807, 2.05) is 31.2 Å². The van der Waals surface area contributed by atoms with Crippen LogP contribution in [0.25, 0.3) is 0 Å². The summed E-state index contributed by atoms with van der Waals surface area (Å²) in [6, 6.07) is 16.3. The van der Waals surface area contributed by atoms with Crippen LogP contribution in [-0.4, -0.2) is 12.7 Å². The Kier molecular flexibility index (Phi) is 4.90. The Balaban J connectivity index is 1.57. The van der Waals surface area contributed by atoms with Gasteiger partial charge in [0.25, 0.3) is 5.91 Å². The molecule has 1 aromatic heterocycles. The lowest BCUT2D eigenvalue weighted by atomic mass is 10.1. The van der Waals surface area contributed by atoms with E-state index < -0.39 is 0 Å². The van der Waals surface area contributed by atoms with Crippen molar-refractivity contribution >= 4 is 22.2 Å². The fraction of sp³-hybridized carbons (Fsp3) is 0.136. The van der Waals surface area contributed by atoms with Gasteiger partial charge in [-0.2, -0.15) is 10.5 Å². The van der Waals surface area contributed by atoms with Crippen molar-refractivity contribution in [3.8, 4) is 23.6 Å². The number of amides is 1. The van der Waals surface area contributed by atoms with Crippen molar-refractivity contribution < 1.29 is 14.3 Å². The van der Waals surface area contributed by atoms with Crippen LogP contribution in [0.1, 0.15) is 37.5 Å². The summed E-state index contributed by atoms with van der Waals surface area (Å²) in [5.41, 5.74) is 3.26. The normalized spacial score (nSPS) is 11.6. The number of carbonyl (C=O) groups excluding carboxylic acids is 1. The molecule has 3 aromatic rings. The lowest BCUT2D eigenvalue weighted by molar-refractivity contribution is 0.102. The zero-order chi connectivity index (χ0) is 20.4. The van der Waals surface area contributed by atoms with Crippen LogP contribution in [-0.2, 0) is 6.42 Å². The molecule has 0 fully saturated rings. The molecule has 1 N–H and O–H groups in total. The Labute approximate surface area is 171 Å². The molecular formula is C22H15N3O3S. The van der Waals surface area contributed by atoms with Crippen molar-refractivity contribution in [1.82, 2.24) is 0 Å². The average molecular weight is 401 g/mol. The lowest BCUT2D eigenvalue weighted by Crippen LogP contribution is -2.11. The quantitative estimate of drug-likeness (QED) is 0.700. The summed E-state index contributed by atoms with van der Waals surface area (Å²) < 4.78 is 10.8. The van der Waals surface area contributed by atoms with Crippen LogP contribution in [0.15, 0.2) is 42.5 Å². The van der Waals surface area contributed by atoms with E-state index in [1.165, 1.54) is 11.3 Å². The fourth-order valence-corrected chi connectivity index (χ4v) is 4.24. The number of benzene rings is 2. The van der Waals surface area contributed by atoms with E-state index in [9.17, 15) is 10.1 Å². The number of nitrogens with one attached hydrogen (secondary N) is 1. The molecule has 4 rings (SSSR count). The van der Waals surface area contributed by atoms with Gasteiger partial charge in [-0.15, -0.1) is 11.3 Å². The lowest BCUT2D eigenvalue weighted by Gasteiger charge is -2.03. The first-order chi connectivity index (χ1) is 14.1. The van der Waals surface area contributed by atoms with Gasteiger partial charge in [-0.05, 0) is 54.4 Å². The third-order valence-electron chi connectivity index (χ3n) is 4.66. The number of hydrogen-bond donors (Lipinski definition) is 1. The van der Waals surface area contributed by atoms with Gasteiger partial charge in [0, 0.05) is 16.9 Å². The Morgan fingerprint density at radius 2 is 1.86 bits per heavy atom. The van der Waals surface area contributed by atoms with Crippen LogP contribution in [0.5, 0.6) is 11.5 Å². The van der Waals surface area contributed by atoms with Gasteiger partial charge in [-0.1, -0.05) is 6.07 Å². The Bertz CT molecular complexity index is 1180. The summed E-state index contributed by atoms with van der Waals surface area (Å²) in [6.07, 6.45) is 0.620. The Morgan fingerprint density at radius 1 is 1.10 bits per heavy atom. The molecule has 1 aliphatic heterocycles. The maximum Gasteiger partial charge on any atom is 0.256 e. The largest absolute Gasteiger partial charge is 0.454 e. The molecule has 0 aliphatic carbocycles. The third-order valence-corrected chi connectivity index (χ3v) is 5.87. The van der Waals surface area contributed by atoms with Crippen molar-refractivity contribution in [2.24, 2.45) is 0 Å². The number of ether oxygens (including phenoxy) is 2. The molecule has 1 amide bonds. The molecule has 1 aliphatic rings. The molecule has 142 valence electrons. The van der Waals surface area contributed by atoms with Gasteiger partial charge in [0.15, 0.2) is 11.5 Å². The van der Waals surface area contributed by atoms with E-state index in [0.717, 1.165) is 21.8 Å². The summed E-state index contributed by atoms with van der Waals surface area (Å²) in [5.74, 6) is 1.12. The maximum atomic E-state index is 12.6. The number of rotatable bonds is 4. The number of hydrogen-bond acceptors (Lipinski definition) is 6. The molecule has 0 bridgehead atoms.